The number of hydrogen-bond donors (Lipinski definition) is 2. The van der Waals surface area contributed by atoms with Crippen molar-refractivity contribution in [1.29, 1.82) is 0 Å². The third kappa shape index (κ3) is 11.5. The van der Waals surface area contributed by atoms with Crippen LogP contribution in [0.15, 0.2) is 60.7 Å². The molecule has 216 valence electrons. The summed E-state index contributed by atoms with van der Waals surface area (Å²) in [5.74, 6) is -0.434. The maximum atomic E-state index is 12.2. The van der Waals surface area contributed by atoms with Crippen LogP contribution < -0.4 is 20.1 Å². The highest BCUT2D eigenvalue weighted by molar-refractivity contribution is 5.95. The molecule has 12 nitrogen and oxygen atoms in total. The first-order valence-corrected chi connectivity index (χ1v) is 12.4. The van der Waals surface area contributed by atoms with Gasteiger partial charge in [-0.2, -0.15) is 0 Å². The first-order valence-electron chi connectivity index (χ1n) is 12.4. The third-order valence-electron chi connectivity index (χ3n) is 4.90. The summed E-state index contributed by atoms with van der Waals surface area (Å²) in [7, 11) is 0. The monoisotopic (exact) mass is 558 g/mol. The number of rotatable bonds is 16. The van der Waals surface area contributed by atoms with E-state index >= 15 is 0 Å². The van der Waals surface area contributed by atoms with Crippen molar-refractivity contribution >= 4 is 34.9 Å². The molecule has 0 atom stereocenters. The smallest absolute Gasteiger partial charge is 0.412 e. The van der Waals surface area contributed by atoms with Crippen molar-refractivity contribution in [3.8, 4) is 11.5 Å². The minimum absolute atomic E-state index is 0.0805. The summed E-state index contributed by atoms with van der Waals surface area (Å²) >= 11 is 0. The third-order valence-corrected chi connectivity index (χ3v) is 4.90. The molecule has 2 aromatic carbocycles. The maximum Gasteiger partial charge on any atom is 0.412 e. The van der Waals surface area contributed by atoms with E-state index in [0.717, 1.165) is 0 Å². The molecule has 0 aliphatic carbocycles. The van der Waals surface area contributed by atoms with E-state index in [9.17, 15) is 19.2 Å². The lowest BCUT2D eigenvalue weighted by atomic mass is 10.1. The predicted molar refractivity (Wildman–Crippen MR) is 145 cm³/mol. The normalized spacial score (nSPS) is 10.3. The van der Waals surface area contributed by atoms with Gasteiger partial charge in [-0.3, -0.25) is 0 Å². The number of benzene rings is 2. The molecule has 2 amide bonds. The number of carbonyl (C=O) groups is 4. The van der Waals surface area contributed by atoms with Crippen LogP contribution >= 0.6 is 0 Å². The van der Waals surface area contributed by atoms with E-state index < -0.39 is 24.1 Å². The van der Waals surface area contributed by atoms with Crippen LogP contribution in [-0.4, -0.2) is 76.9 Å². The number of ether oxygens (including phenoxy) is 6. The van der Waals surface area contributed by atoms with Gasteiger partial charge in [0.1, 0.15) is 24.7 Å². The Bertz CT molecular complexity index is 1120. The van der Waals surface area contributed by atoms with Crippen LogP contribution in [0.2, 0.25) is 0 Å². The van der Waals surface area contributed by atoms with Gasteiger partial charge in [-0.05, 0) is 26.0 Å². The van der Waals surface area contributed by atoms with E-state index in [4.69, 9.17) is 28.4 Å². The van der Waals surface area contributed by atoms with Crippen LogP contribution in [0.4, 0.5) is 9.59 Å². The largest absolute Gasteiger partial charge is 0.460 e. The van der Waals surface area contributed by atoms with Gasteiger partial charge in [-0.1, -0.05) is 37.4 Å². The molecule has 0 bridgehead atoms. The number of nitrogens with one attached hydrogen (secondary N) is 2. The average Bonchev–Trinajstić information content (AvgIpc) is 2.92. The van der Waals surface area contributed by atoms with E-state index in [-0.39, 0.29) is 64.2 Å². The topological polar surface area (TPSA) is 148 Å². The number of esters is 2. The van der Waals surface area contributed by atoms with Gasteiger partial charge in [0.25, 0.3) is 0 Å². The molecule has 2 aromatic rings. The Morgan fingerprint density at radius 2 is 1.02 bits per heavy atom. The van der Waals surface area contributed by atoms with Crippen molar-refractivity contribution in [1.82, 2.24) is 10.6 Å². The van der Waals surface area contributed by atoms with Gasteiger partial charge < -0.3 is 39.1 Å². The van der Waals surface area contributed by atoms with Gasteiger partial charge in [0.15, 0.2) is 0 Å². The number of hydrogen-bond acceptors (Lipinski definition) is 10. The maximum absolute atomic E-state index is 12.2. The van der Waals surface area contributed by atoms with E-state index in [1.54, 1.807) is 50.2 Å². The van der Waals surface area contributed by atoms with Crippen molar-refractivity contribution in [2.24, 2.45) is 0 Å². The fourth-order valence-electron chi connectivity index (χ4n) is 2.99. The van der Waals surface area contributed by atoms with Gasteiger partial charge in [-0.15, -0.1) is 0 Å². The highest BCUT2D eigenvalue weighted by Crippen LogP contribution is 2.32. The lowest BCUT2D eigenvalue weighted by Crippen LogP contribution is -2.30. The zero-order valence-electron chi connectivity index (χ0n) is 22.6. The van der Waals surface area contributed by atoms with Crippen molar-refractivity contribution in [3.63, 3.8) is 0 Å². The Morgan fingerprint density at radius 1 is 0.625 bits per heavy atom. The summed E-state index contributed by atoms with van der Waals surface area (Å²) < 4.78 is 31.2. The van der Waals surface area contributed by atoms with Gasteiger partial charge >= 0.3 is 24.1 Å². The highest BCUT2D eigenvalue weighted by atomic mass is 16.6. The molecular formula is C28H34N2O10. The Balaban J connectivity index is 1.75. The van der Waals surface area contributed by atoms with Crippen molar-refractivity contribution in [3.05, 3.63) is 60.7 Å². The predicted octanol–water partition coefficient (Wildman–Crippen LogP) is 3.29. The van der Waals surface area contributed by atoms with Gasteiger partial charge in [0, 0.05) is 35.0 Å². The first kappa shape index (κ1) is 31.8. The second kappa shape index (κ2) is 17.2. The minimum Gasteiger partial charge on any atom is -0.460 e. The van der Waals surface area contributed by atoms with Crippen LogP contribution in [0.25, 0.3) is 10.8 Å². The first-order chi connectivity index (χ1) is 19.2. The number of carbonyl (C=O) groups excluding carboxylic acids is 4. The van der Waals surface area contributed by atoms with Gasteiger partial charge in [0.05, 0.1) is 26.4 Å². The molecule has 0 aliphatic rings. The molecule has 2 N–H and O–H groups in total. The lowest BCUT2D eigenvalue weighted by Gasteiger charge is -2.12. The molecule has 0 saturated carbocycles. The van der Waals surface area contributed by atoms with Crippen molar-refractivity contribution in [2.45, 2.75) is 13.8 Å². The van der Waals surface area contributed by atoms with E-state index in [0.29, 0.717) is 21.9 Å². The summed E-state index contributed by atoms with van der Waals surface area (Å²) in [6, 6.07) is 10.0. The molecular weight excluding hydrogens is 524 g/mol. The molecule has 0 spiro atoms. The average molecular weight is 559 g/mol. The highest BCUT2D eigenvalue weighted by Gasteiger charge is 2.13. The Morgan fingerprint density at radius 3 is 1.40 bits per heavy atom. The van der Waals surface area contributed by atoms with E-state index in [1.807, 2.05) is 0 Å². The zero-order chi connectivity index (χ0) is 29.3. The second-order valence-corrected chi connectivity index (χ2v) is 8.30. The molecule has 12 heteroatoms. The quantitative estimate of drug-likeness (QED) is 0.179. The minimum atomic E-state index is -0.691. The summed E-state index contributed by atoms with van der Waals surface area (Å²) in [4.78, 5) is 47.0. The van der Waals surface area contributed by atoms with Crippen LogP contribution in [0.5, 0.6) is 11.5 Å². The molecule has 0 unspecified atom stereocenters. The van der Waals surface area contributed by atoms with Crippen LogP contribution in [-0.2, 0) is 28.5 Å². The number of amides is 2. The van der Waals surface area contributed by atoms with Crippen LogP contribution in [0, 0.1) is 0 Å². The summed E-state index contributed by atoms with van der Waals surface area (Å²) in [5.41, 5.74) is 0.609. The number of fused-ring (bicyclic) bond motifs is 1. The molecule has 0 radical (unpaired) electrons. The molecule has 0 aromatic heterocycles. The summed E-state index contributed by atoms with van der Waals surface area (Å²) in [6.45, 7) is 11.3. The van der Waals surface area contributed by atoms with E-state index in [2.05, 4.69) is 23.8 Å². The fourth-order valence-corrected chi connectivity index (χ4v) is 2.99. The SMILES string of the molecule is C=C(C)C(=O)OCCOCCNC(=O)Oc1cccc2c(OC(=O)NCCOCCOC(=O)C(=C)C)cccc12. The second-order valence-electron chi connectivity index (χ2n) is 8.30. The van der Waals surface area contributed by atoms with Crippen molar-refractivity contribution < 1.29 is 47.6 Å². The Kier molecular flexibility index (Phi) is 13.7. The van der Waals surface area contributed by atoms with Crippen molar-refractivity contribution in [2.75, 3.05) is 52.7 Å². The summed E-state index contributed by atoms with van der Waals surface area (Å²) in [5, 5.41) is 6.26. The zero-order valence-corrected chi connectivity index (χ0v) is 22.6. The molecule has 0 fully saturated rings. The van der Waals surface area contributed by atoms with Crippen LogP contribution in [0.3, 0.4) is 0 Å². The standard InChI is InChI=1S/C28H34N2O10/c1-19(2)25(31)37-17-15-35-13-11-29-27(33)39-23-9-5-8-22-21(23)7-6-10-24(22)40-28(34)30-12-14-36-16-18-38-26(32)20(3)4/h5-10H,1,3,11-18H2,2,4H3,(H,29,33)(H,30,34). The lowest BCUT2D eigenvalue weighted by molar-refractivity contribution is -0.141. The molecule has 0 saturated heterocycles. The molecule has 0 aliphatic heterocycles. The van der Waals surface area contributed by atoms with Gasteiger partial charge in [0.2, 0.25) is 0 Å². The fraction of sp³-hybridized carbons (Fsp3) is 0.357. The molecule has 40 heavy (non-hydrogen) atoms. The Hall–Kier alpha value is -4.42. The van der Waals surface area contributed by atoms with Gasteiger partial charge in [-0.25, -0.2) is 19.2 Å². The molecule has 0 heterocycles. The Labute approximate surface area is 232 Å². The van der Waals surface area contributed by atoms with Crippen LogP contribution in [0.1, 0.15) is 13.8 Å². The van der Waals surface area contributed by atoms with E-state index in [1.165, 1.54) is 0 Å². The molecule has 2 rings (SSSR count). The summed E-state index contributed by atoms with van der Waals surface area (Å²) in [6.07, 6.45) is -1.38.